The fourth-order valence-corrected chi connectivity index (χ4v) is 2.13. The van der Waals surface area contributed by atoms with Crippen molar-refractivity contribution in [3.63, 3.8) is 0 Å². The molecule has 1 saturated carbocycles. The molecule has 16 heavy (non-hydrogen) atoms. The van der Waals surface area contributed by atoms with E-state index >= 15 is 0 Å². The number of pyridine rings is 1. The molecule has 0 unspecified atom stereocenters. The van der Waals surface area contributed by atoms with E-state index in [2.05, 4.69) is 29.3 Å². The zero-order valence-electron chi connectivity index (χ0n) is 9.83. The fraction of sp³-hybridized carbons (Fsp3) is 0.583. The SMILES string of the molecule is CN(C)C1(CNc2cccc(F)n2)CCC1. The van der Waals surface area contributed by atoms with Crippen LogP contribution in [-0.4, -0.2) is 36.1 Å². The van der Waals surface area contributed by atoms with Gasteiger partial charge in [0.2, 0.25) is 5.95 Å². The highest BCUT2D eigenvalue weighted by Gasteiger charge is 2.38. The van der Waals surface area contributed by atoms with Gasteiger partial charge in [-0.25, -0.2) is 4.98 Å². The van der Waals surface area contributed by atoms with Gasteiger partial charge in [-0.2, -0.15) is 4.39 Å². The lowest BCUT2D eigenvalue weighted by Gasteiger charge is -2.47. The molecule has 1 aromatic heterocycles. The van der Waals surface area contributed by atoms with Crippen molar-refractivity contribution >= 4 is 5.82 Å². The highest BCUT2D eigenvalue weighted by Crippen LogP contribution is 2.36. The first kappa shape index (κ1) is 11.3. The van der Waals surface area contributed by atoms with Gasteiger partial charge in [0, 0.05) is 12.1 Å². The fourth-order valence-electron chi connectivity index (χ4n) is 2.13. The highest BCUT2D eigenvalue weighted by molar-refractivity contribution is 5.34. The monoisotopic (exact) mass is 223 g/mol. The lowest BCUT2D eigenvalue weighted by molar-refractivity contribution is 0.0738. The Kier molecular flexibility index (Phi) is 3.10. The number of rotatable bonds is 4. The second-order valence-electron chi connectivity index (χ2n) is 4.67. The van der Waals surface area contributed by atoms with Gasteiger partial charge in [0.1, 0.15) is 5.82 Å². The van der Waals surface area contributed by atoms with E-state index < -0.39 is 5.95 Å². The van der Waals surface area contributed by atoms with Gasteiger partial charge in [0.25, 0.3) is 0 Å². The zero-order valence-corrected chi connectivity index (χ0v) is 9.83. The van der Waals surface area contributed by atoms with Crippen LogP contribution in [0.15, 0.2) is 18.2 Å². The molecule has 1 heterocycles. The van der Waals surface area contributed by atoms with Crippen molar-refractivity contribution in [2.24, 2.45) is 0 Å². The maximum absolute atomic E-state index is 12.9. The molecule has 0 radical (unpaired) electrons. The number of anilines is 1. The predicted octanol–water partition coefficient (Wildman–Crippen LogP) is 2.12. The Labute approximate surface area is 95.7 Å². The minimum Gasteiger partial charge on any atom is -0.368 e. The Morgan fingerprint density at radius 2 is 2.19 bits per heavy atom. The van der Waals surface area contributed by atoms with Crippen LogP contribution in [-0.2, 0) is 0 Å². The molecule has 0 bridgehead atoms. The standard InChI is InChI=1S/C12H18FN3/c1-16(2)12(7-4-8-12)9-14-11-6-3-5-10(13)15-11/h3,5-6H,4,7-9H2,1-2H3,(H,14,15). The molecule has 2 rings (SSSR count). The zero-order chi connectivity index (χ0) is 11.6. The Hall–Kier alpha value is -1.16. The van der Waals surface area contributed by atoms with E-state index in [9.17, 15) is 4.39 Å². The molecule has 1 N–H and O–H groups in total. The number of hydrogen-bond acceptors (Lipinski definition) is 3. The third-order valence-corrected chi connectivity index (χ3v) is 3.55. The van der Waals surface area contributed by atoms with Crippen molar-refractivity contribution in [3.8, 4) is 0 Å². The van der Waals surface area contributed by atoms with E-state index in [-0.39, 0.29) is 5.54 Å². The molecule has 0 saturated heterocycles. The summed E-state index contributed by atoms with van der Waals surface area (Å²) in [6, 6.07) is 4.83. The second kappa shape index (κ2) is 4.37. The largest absolute Gasteiger partial charge is 0.368 e. The average molecular weight is 223 g/mol. The quantitative estimate of drug-likeness (QED) is 0.792. The van der Waals surface area contributed by atoms with E-state index in [0.717, 1.165) is 6.54 Å². The van der Waals surface area contributed by atoms with E-state index in [1.807, 2.05) is 0 Å². The molecular formula is C12H18FN3. The van der Waals surface area contributed by atoms with Gasteiger partial charge in [0.15, 0.2) is 0 Å². The van der Waals surface area contributed by atoms with Gasteiger partial charge < -0.3 is 10.2 Å². The van der Waals surface area contributed by atoms with Gasteiger partial charge in [-0.3, -0.25) is 0 Å². The Morgan fingerprint density at radius 3 is 2.69 bits per heavy atom. The van der Waals surface area contributed by atoms with Gasteiger partial charge in [-0.05, 0) is 45.5 Å². The lowest BCUT2D eigenvalue weighted by atomic mass is 9.75. The molecule has 0 amide bonds. The maximum Gasteiger partial charge on any atom is 0.214 e. The maximum atomic E-state index is 12.9. The van der Waals surface area contributed by atoms with Crippen LogP contribution < -0.4 is 5.32 Å². The van der Waals surface area contributed by atoms with Crippen molar-refractivity contribution in [2.75, 3.05) is 26.0 Å². The molecule has 88 valence electrons. The van der Waals surface area contributed by atoms with Crippen LogP contribution in [0.1, 0.15) is 19.3 Å². The molecule has 0 atom stereocenters. The van der Waals surface area contributed by atoms with E-state index in [1.165, 1.54) is 25.3 Å². The molecule has 1 aliphatic rings. The summed E-state index contributed by atoms with van der Waals surface area (Å²) in [6.07, 6.45) is 3.67. The van der Waals surface area contributed by atoms with Crippen molar-refractivity contribution < 1.29 is 4.39 Å². The summed E-state index contributed by atoms with van der Waals surface area (Å²) in [7, 11) is 4.19. The Bertz CT molecular complexity index is 361. The lowest BCUT2D eigenvalue weighted by Crippen LogP contribution is -2.54. The summed E-state index contributed by atoms with van der Waals surface area (Å²) in [5, 5.41) is 3.22. The van der Waals surface area contributed by atoms with Gasteiger partial charge in [0.05, 0.1) is 0 Å². The smallest absolute Gasteiger partial charge is 0.214 e. The minimum absolute atomic E-state index is 0.230. The van der Waals surface area contributed by atoms with E-state index in [1.54, 1.807) is 12.1 Å². The molecule has 3 nitrogen and oxygen atoms in total. The van der Waals surface area contributed by atoms with E-state index in [0.29, 0.717) is 5.82 Å². The van der Waals surface area contributed by atoms with Crippen LogP contribution in [0.25, 0.3) is 0 Å². The normalized spacial score (nSPS) is 18.2. The molecule has 1 aliphatic carbocycles. The third-order valence-electron chi connectivity index (χ3n) is 3.55. The third kappa shape index (κ3) is 2.16. The van der Waals surface area contributed by atoms with Crippen LogP contribution in [0.4, 0.5) is 10.2 Å². The topological polar surface area (TPSA) is 28.2 Å². The number of nitrogens with one attached hydrogen (secondary N) is 1. The summed E-state index contributed by atoms with van der Waals surface area (Å²) < 4.78 is 12.9. The minimum atomic E-state index is -0.433. The molecule has 1 fully saturated rings. The first-order valence-electron chi connectivity index (χ1n) is 5.66. The number of halogens is 1. The summed E-state index contributed by atoms with van der Waals surface area (Å²) >= 11 is 0. The second-order valence-corrected chi connectivity index (χ2v) is 4.67. The van der Waals surface area contributed by atoms with Crippen molar-refractivity contribution in [1.29, 1.82) is 0 Å². The number of aromatic nitrogens is 1. The Balaban J connectivity index is 1.96. The number of hydrogen-bond donors (Lipinski definition) is 1. The predicted molar refractivity (Wildman–Crippen MR) is 63.0 cm³/mol. The van der Waals surface area contributed by atoms with Crippen molar-refractivity contribution in [3.05, 3.63) is 24.1 Å². The average Bonchev–Trinajstić information content (AvgIpc) is 2.15. The molecule has 4 heteroatoms. The first-order valence-corrected chi connectivity index (χ1v) is 5.66. The van der Waals surface area contributed by atoms with Gasteiger partial charge in [-0.1, -0.05) is 6.07 Å². The first-order chi connectivity index (χ1) is 7.62. The summed E-state index contributed by atoms with van der Waals surface area (Å²) in [6.45, 7) is 0.830. The van der Waals surface area contributed by atoms with Crippen molar-refractivity contribution in [2.45, 2.75) is 24.8 Å². The van der Waals surface area contributed by atoms with Crippen molar-refractivity contribution in [1.82, 2.24) is 9.88 Å². The van der Waals surface area contributed by atoms with Crippen LogP contribution in [0.2, 0.25) is 0 Å². The van der Waals surface area contributed by atoms with Gasteiger partial charge >= 0.3 is 0 Å². The summed E-state index contributed by atoms with van der Waals surface area (Å²) in [4.78, 5) is 6.05. The molecule has 1 aromatic rings. The molecular weight excluding hydrogens is 205 g/mol. The van der Waals surface area contributed by atoms with Crippen LogP contribution in [0, 0.1) is 5.95 Å². The Morgan fingerprint density at radius 1 is 1.44 bits per heavy atom. The number of nitrogens with zero attached hydrogens (tertiary/aromatic N) is 2. The molecule has 0 spiro atoms. The van der Waals surface area contributed by atoms with Crippen LogP contribution >= 0.6 is 0 Å². The number of likely N-dealkylation sites (N-methyl/N-ethyl adjacent to an activating group) is 1. The summed E-state index contributed by atoms with van der Waals surface area (Å²) in [5.41, 5.74) is 0.230. The van der Waals surface area contributed by atoms with E-state index in [4.69, 9.17) is 0 Å². The van der Waals surface area contributed by atoms with Gasteiger partial charge in [-0.15, -0.1) is 0 Å². The molecule has 0 aromatic carbocycles. The summed E-state index contributed by atoms with van der Waals surface area (Å²) in [5.74, 6) is 0.186. The van der Waals surface area contributed by atoms with Crippen LogP contribution in [0.3, 0.4) is 0 Å². The highest BCUT2D eigenvalue weighted by atomic mass is 19.1. The van der Waals surface area contributed by atoms with Crippen LogP contribution in [0.5, 0.6) is 0 Å². The molecule has 0 aliphatic heterocycles.